The fourth-order valence-electron chi connectivity index (χ4n) is 1.28. The van der Waals surface area contributed by atoms with Crippen molar-refractivity contribution in [2.45, 2.75) is 17.7 Å². The molecule has 6 nitrogen and oxygen atoms in total. The van der Waals surface area contributed by atoms with E-state index in [1.165, 1.54) is 12.1 Å². The Kier molecular flexibility index (Phi) is 4.96. The molecule has 3 N–H and O–H groups in total. The number of rotatable bonds is 6. The Morgan fingerprint density at radius 2 is 2.00 bits per heavy atom. The number of benzene rings is 1. The Labute approximate surface area is 106 Å². The van der Waals surface area contributed by atoms with E-state index in [9.17, 15) is 8.42 Å². The molecule has 0 atom stereocenters. The minimum Gasteiger partial charge on any atom is -0.494 e. The van der Waals surface area contributed by atoms with E-state index in [0.717, 1.165) is 6.26 Å². The lowest BCUT2D eigenvalue weighted by Gasteiger charge is -2.06. The van der Waals surface area contributed by atoms with Crippen LogP contribution in [-0.2, 0) is 9.84 Å². The maximum Gasteiger partial charge on any atom is 0.175 e. The van der Waals surface area contributed by atoms with Crippen molar-refractivity contribution in [3.8, 4) is 5.75 Å². The summed E-state index contributed by atoms with van der Waals surface area (Å²) < 4.78 is 27.8. The molecular weight excluding hydrogens is 256 g/mol. The molecule has 0 heterocycles. The van der Waals surface area contributed by atoms with Gasteiger partial charge in [0.15, 0.2) is 9.84 Å². The fourth-order valence-corrected chi connectivity index (χ4v) is 1.91. The average Bonchev–Trinajstić information content (AvgIpc) is 2.33. The standard InChI is InChI=1S/C11H16N2O4S/c1-18(15,16)10-6-4-9(5-7-10)17-8-2-3-11(12)13-14/h4-7,14H,2-3,8H2,1H3,(H2,12,13). The van der Waals surface area contributed by atoms with Gasteiger partial charge in [-0.15, -0.1) is 0 Å². The first kappa shape index (κ1) is 14.3. The van der Waals surface area contributed by atoms with Crippen molar-refractivity contribution in [3.63, 3.8) is 0 Å². The summed E-state index contributed by atoms with van der Waals surface area (Å²) in [7, 11) is -3.17. The number of oxime groups is 1. The number of nitrogens with zero attached hydrogens (tertiary/aromatic N) is 1. The van der Waals surface area contributed by atoms with Crippen LogP contribution in [-0.4, -0.2) is 32.3 Å². The van der Waals surface area contributed by atoms with Gasteiger partial charge in [0.25, 0.3) is 0 Å². The van der Waals surface area contributed by atoms with Crippen LogP contribution < -0.4 is 10.5 Å². The predicted molar refractivity (Wildman–Crippen MR) is 67.7 cm³/mol. The van der Waals surface area contributed by atoms with Crippen molar-refractivity contribution < 1.29 is 18.4 Å². The summed E-state index contributed by atoms with van der Waals surface area (Å²) in [6, 6.07) is 6.18. The first-order valence-corrected chi connectivity index (χ1v) is 7.22. The Bertz CT molecular complexity index is 508. The van der Waals surface area contributed by atoms with Crippen LogP contribution in [0.25, 0.3) is 0 Å². The second-order valence-corrected chi connectivity index (χ2v) is 5.80. The van der Waals surface area contributed by atoms with Gasteiger partial charge in [0.2, 0.25) is 0 Å². The quantitative estimate of drug-likeness (QED) is 0.264. The van der Waals surface area contributed by atoms with E-state index >= 15 is 0 Å². The number of nitrogens with two attached hydrogens (primary N) is 1. The van der Waals surface area contributed by atoms with E-state index in [-0.39, 0.29) is 10.7 Å². The van der Waals surface area contributed by atoms with E-state index in [4.69, 9.17) is 15.7 Å². The molecule has 0 aromatic heterocycles. The highest BCUT2D eigenvalue weighted by atomic mass is 32.2. The topological polar surface area (TPSA) is 102 Å². The van der Waals surface area contributed by atoms with Crippen LogP contribution in [0, 0.1) is 0 Å². The highest BCUT2D eigenvalue weighted by molar-refractivity contribution is 7.90. The summed E-state index contributed by atoms with van der Waals surface area (Å²) in [5, 5.41) is 11.2. The second kappa shape index (κ2) is 6.25. The van der Waals surface area contributed by atoms with Gasteiger partial charge in [-0.2, -0.15) is 0 Å². The van der Waals surface area contributed by atoms with Crippen molar-refractivity contribution in [3.05, 3.63) is 24.3 Å². The van der Waals surface area contributed by atoms with Gasteiger partial charge in [0.05, 0.1) is 11.5 Å². The summed E-state index contributed by atoms with van der Waals surface area (Å²) >= 11 is 0. The maximum atomic E-state index is 11.2. The van der Waals surface area contributed by atoms with E-state index in [0.29, 0.717) is 25.2 Å². The van der Waals surface area contributed by atoms with Gasteiger partial charge in [-0.25, -0.2) is 8.42 Å². The molecule has 0 amide bonds. The Balaban J connectivity index is 2.45. The molecule has 7 heteroatoms. The first-order valence-electron chi connectivity index (χ1n) is 5.33. The highest BCUT2D eigenvalue weighted by Gasteiger charge is 2.06. The average molecular weight is 272 g/mol. The normalized spacial score (nSPS) is 12.4. The summed E-state index contributed by atoms with van der Waals surface area (Å²) in [6.07, 6.45) is 2.21. The van der Waals surface area contributed by atoms with Crippen molar-refractivity contribution in [2.24, 2.45) is 10.9 Å². The third-order valence-electron chi connectivity index (χ3n) is 2.23. The van der Waals surface area contributed by atoms with Gasteiger partial charge >= 0.3 is 0 Å². The molecule has 1 aromatic rings. The van der Waals surface area contributed by atoms with Crippen molar-refractivity contribution in [1.82, 2.24) is 0 Å². The molecule has 0 aliphatic carbocycles. The summed E-state index contributed by atoms with van der Waals surface area (Å²) in [5.74, 6) is 0.743. The zero-order valence-electron chi connectivity index (χ0n) is 10.0. The Hall–Kier alpha value is -1.76. The van der Waals surface area contributed by atoms with Gasteiger partial charge in [0, 0.05) is 12.7 Å². The summed E-state index contributed by atoms with van der Waals surface area (Å²) in [6.45, 7) is 0.411. The molecule has 0 aliphatic heterocycles. The summed E-state index contributed by atoms with van der Waals surface area (Å²) in [5.41, 5.74) is 5.30. The van der Waals surface area contributed by atoms with E-state index in [2.05, 4.69) is 5.16 Å². The lowest BCUT2D eigenvalue weighted by atomic mass is 10.3. The minimum atomic E-state index is -3.17. The molecule has 0 saturated carbocycles. The van der Waals surface area contributed by atoms with Gasteiger partial charge in [0.1, 0.15) is 11.6 Å². The minimum absolute atomic E-state index is 0.158. The Morgan fingerprint density at radius 1 is 1.39 bits per heavy atom. The molecule has 100 valence electrons. The number of ether oxygens (including phenoxy) is 1. The first-order chi connectivity index (χ1) is 8.43. The molecule has 0 radical (unpaired) electrons. The molecule has 0 aliphatic rings. The van der Waals surface area contributed by atoms with E-state index < -0.39 is 9.84 Å². The lowest BCUT2D eigenvalue weighted by Crippen LogP contribution is -2.12. The van der Waals surface area contributed by atoms with Crippen LogP contribution in [0.4, 0.5) is 0 Å². The van der Waals surface area contributed by atoms with Gasteiger partial charge in [-0.3, -0.25) is 0 Å². The van der Waals surface area contributed by atoms with Crippen LogP contribution in [0.2, 0.25) is 0 Å². The zero-order valence-corrected chi connectivity index (χ0v) is 10.9. The molecule has 0 unspecified atom stereocenters. The third kappa shape index (κ3) is 4.62. The number of hydrogen-bond donors (Lipinski definition) is 2. The molecule has 0 bridgehead atoms. The molecular formula is C11H16N2O4S. The van der Waals surface area contributed by atoms with E-state index in [1.807, 2.05) is 0 Å². The summed E-state index contributed by atoms with van der Waals surface area (Å²) in [4.78, 5) is 0.256. The zero-order chi connectivity index (χ0) is 13.6. The monoisotopic (exact) mass is 272 g/mol. The van der Waals surface area contributed by atoms with Crippen LogP contribution in [0.5, 0.6) is 5.75 Å². The molecule has 0 fully saturated rings. The highest BCUT2D eigenvalue weighted by Crippen LogP contribution is 2.15. The fraction of sp³-hybridized carbons (Fsp3) is 0.364. The smallest absolute Gasteiger partial charge is 0.175 e. The molecule has 1 aromatic carbocycles. The van der Waals surface area contributed by atoms with Crippen molar-refractivity contribution in [1.29, 1.82) is 0 Å². The van der Waals surface area contributed by atoms with Gasteiger partial charge in [-0.05, 0) is 30.7 Å². The number of amidine groups is 1. The number of sulfone groups is 1. The van der Waals surface area contributed by atoms with Gasteiger partial charge < -0.3 is 15.7 Å². The maximum absolute atomic E-state index is 11.2. The molecule has 18 heavy (non-hydrogen) atoms. The van der Waals surface area contributed by atoms with Crippen LogP contribution in [0.1, 0.15) is 12.8 Å². The van der Waals surface area contributed by atoms with Crippen molar-refractivity contribution in [2.75, 3.05) is 12.9 Å². The van der Waals surface area contributed by atoms with Crippen LogP contribution >= 0.6 is 0 Å². The predicted octanol–water partition coefficient (Wildman–Crippen LogP) is 0.995. The third-order valence-corrected chi connectivity index (χ3v) is 3.35. The van der Waals surface area contributed by atoms with E-state index in [1.54, 1.807) is 12.1 Å². The van der Waals surface area contributed by atoms with Crippen molar-refractivity contribution >= 4 is 15.7 Å². The second-order valence-electron chi connectivity index (χ2n) is 3.79. The molecule has 1 rings (SSSR count). The molecule has 0 spiro atoms. The van der Waals surface area contributed by atoms with Crippen LogP contribution in [0.15, 0.2) is 34.3 Å². The van der Waals surface area contributed by atoms with Gasteiger partial charge in [-0.1, -0.05) is 5.16 Å². The Morgan fingerprint density at radius 3 is 2.50 bits per heavy atom. The largest absolute Gasteiger partial charge is 0.494 e. The molecule has 0 saturated heterocycles. The lowest BCUT2D eigenvalue weighted by molar-refractivity contribution is 0.305. The SMILES string of the molecule is CS(=O)(=O)c1ccc(OCCC/C(N)=N/O)cc1. The number of hydrogen-bond acceptors (Lipinski definition) is 5. The van der Waals surface area contributed by atoms with Crippen LogP contribution in [0.3, 0.4) is 0 Å².